The van der Waals surface area contributed by atoms with Gasteiger partial charge in [0.15, 0.2) is 11.5 Å². The number of methoxy groups -OCH3 is 1. The van der Waals surface area contributed by atoms with Crippen molar-refractivity contribution in [1.82, 2.24) is 5.43 Å². The Morgan fingerprint density at radius 2 is 1.68 bits per heavy atom. The fraction of sp³-hybridized carbons (Fsp3) is 0.160. The van der Waals surface area contributed by atoms with Gasteiger partial charge in [0, 0.05) is 5.56 Å². The molecule has 0 unspecified atom stereocenters. The summed E-state index contributed by atoms with van der Waals surface area (Å²) in [6, 6.07) is 16.1. The minimum absolute atomic E-state index is 0.213. The van der Waals surface area contributed by atoms with Crippen molar-refractivity contribution in [3.63, 3.8) is 0 Å². The van der Waals surface area contributed by atoms with Gasteiger partial charge in [0.25, 0.3) is 5.91 Å². The number of carbonyl (C=O) groups is 2. The molecule has 0 bridgehead atoms. The largest absolute Gasteiger partial charge is 0.494 e. The third-order valence-corrected chi connectivity index (χ3v) is 5.25. The molecule has 0 aromatic heterocycles. The highest BCUT2D eigenvalue weighted by molar-refractivity contribution is 6.42. The van der Waals surface area contributed by atoms with Gasteiger partial charge >= 0.3 is 5.97 Å². The second-order valence-corrected chi connectivity index (χ2v) is 7.82. The topological polar surface area (TPSA) is 86.2 Å². The minimum atomic E-state index is -0.614. The van der Waals surface area contributed by atoms with Crippen molar-refractivity contribution in [1.29, 1.82) is 0 Å². The van der Waals surface area contributed by atoms with Crippen LogP contribution in [0, 0.1) is 0 Å². The molecule has 0 heterocycles. The minimum Gasteiger partial charge on any atom is -0.494 e. The molecule has 0 fully saturated rings. The quantitative estimate of drug-likeness (QED) is 0.174. The molecule has 3 aromatic rings. The van der Waals surface area contributed by atoms with Crippen molar-refractivity contribution >= 4 is 41.3 Å². The Kier molecular flexibility index (Phi) is 8.90. The van der Waals surface area contributed by atoms with Crippen molar-refractivity contribution in [3.05, 3.63) is 87.4 Å². The van der Waals surface area contributed by atoms with Gasteiger partial charge in [-0.15, -0.1) is 0 Å². The van der Waals surface area contributed by atoms with Crippen molar-refractivity contribution in [2.45, 2.75) is 13.3 Å². The summed E-state index contributed by atoms with van der Waals surface area (Å²) in [5, 5.41) is 4.56. The Bertz CT molecular complexity index is 1200. The summed E-state index contributed by atoms with van der Waals surface area (Å²) in [5.41, 5.74) is 3.78. The highest BCUT2D eigenvalue weighted by Crippen LogP contribution is 2.29. The van der Waals surface area contributed by atoms with Crippen molar-refractivity contribution in [3.8, 4) is 17.2 Å². The fourth-order valence-corrected chi connectivity index (χ4v) is 3.08. The van der Waals surface area contributed by atoms with Gasteiger partial charge in [-0.3, -0.25) is 4.79 Å². The van der Waals surface area contributed by atoms with Crippen LogP contribution < -0.4 is 19.6 Å². The Balaban J connectivity index is 1.62. The maximum absolute atomic E-state index is 12.4. The molecule has 7 nitrogen and oxygen atoms in total. The van der Waals surface area contributed by atoms with E-state index in [9.17, 15) is 9.59 Å². The Labute approximate surface area is 207 Å². The van der Waals surface area contributed by atoms with Crippen LogP contribution in [0.25, 0.3) is 0 Å². The lowest BCUT2D eigenvalue weighted by molar-refractivity contribution is 0.0729. The van der Waals surface area contributed by atoms with E-state index in [1.807, 2.05) is 6.92 Å². The SMILES string of the molecule is CCCOc1ccc(C(=O)N/N=C/c2ccc(OC(=O)c3ccc(Cl)c(Cl)c3)c(OC)c2)cc1. The number of halogens is 2. The number of esters is 1. The van der Waals surface area contributed by atoms with Crippen LogP contribution in [0.2, 0.25) is 10.0 Å². The molecule has 0 saturated heterocycles. The van der Waals surface area contributed by atoms with Crippen LogP contribution in [0.3, 0.4) is 0 Å². The molecular formula is C25H22Cl2N2O5. The van der Waals surface area contributed by atoms with E-state index in [0.29, 0.717) is 34.3 Å². The normalized spacial score (nSPS) is 10.7. The van der Waals surface area contributed by atoms with E-state index >= 15 is 0 Å². The van der Waals surface area contributed by atoms with Crippen LogP contribution in [-0.4, -0.2) is 31.8 Å². The second kappa shape index (κ2) is 12.1. The lowest BCUT2D eigenvalue weighted by atomic mass is 10.2. The van der Waals surface area contributed by atoms with Gasteiger partial charge in [-0.2, -0.15) is 5.10 Å². The number of hydrogen-bond donors (Lipinski definition) is 1. The average Bonchev–Trinajstić information content (AvgIpc) is 2.85. The van der Waals surface area contributed by atoms with Gasteiger partial charge in [-0.05, 0) is 72.6 Å². The van der Waals surface area contributed by atoms with Crippen LogP contribution in [0.4, 0.5) is 0 Å². The first-order chi connectivity index (χ1) is 16.4. The number of rotatable bonds is 9. The van der Waals surface area contributed by atoms with Crippen LogP contribution in [0.5, 0.6) is 17.2 Å². The van der Waals surface area contributed by atoms with Crippen molar-refractivity contribution in [2.24, 2.45) is 5.10 Å². The average molecular weight is 501 g/mol. The maximum Gasteiger partial charge on any atom is 0.343 e. The standard InChI is InChI=1S/C25H22Cl2N2O5/c1-3-12-33-19-8-5-17(6-9-19)24(30)29-28-15-16-4-11-22(23(13-16)32-2)34-25(31)18-7-10-20(26)21(27)14-18/h4-11,13-15H,3,12H2,1-2H3,(H,29,30)/b28-15+. The first-order valence-electron chi connectivity index (χ1n) is 10.3. The first-order valence-corrected chi connectivity index (χ1v) is 11.1. The maximum atomic E-state index is 12.4. The zero-order chi connectivity index (χ0) is 24.5. The zero-order valence-corrected chi connectivity index (χ0v) is 20.0. The molecule has 34 heavy (non-hydrogen) atoms. The van der Waals surface area contributed by atoms with Crippen molar-refractivity contribution < 1.29 is 23.8 Å². The third kappa shape index (κ3) is 6.73. The molecule has 0 atom stereocenters. The van der Waals surface area contributed by atoms with E-state index in [0.717, 1.165) is 6.42 Å². The molecule has 0 spiro atoms. The first kappa shape index (κ1) is 25.1. The summed E-state index contributed by atoms with van der Waals surface area (Å²) < 4.78 is 16.2. The monoisotopic (exact) mass is 500 g/mol. The van der Waals surface area contributed by atoms with Crippen molar-refractivity contribution in [2.75, 3.05) is 13.7 Å². The Hall–Kier alpha value is -3.55. The van der Waals surface area contributed by atoms with E-state index < -0.39 is 5.97 Å². The van der Waals surface area contributed by atoms with Gasteiger partial charge in [0.2, 0.25) is 0 Å². The number of carbonyl (C=O) groups excluding carboxylic acids is 2. The third-order valence-electron chi connectivity index (χ3n) is 4.51. The number of hydrazone groups is 1. The van der Waals surface area contributed by atoms with E-state index in [2.05, 4.69) is 10.5 Å². The van der Waals surface area contributed by atoms with Gasteiger partial charge in [0.05, 0.1) is 35.5 Å². The molecule has 0 aliphatic carbocycles. The van der Waals surface area contributed by atoms with Crippen LogP contribution in [0.15, 0.2) is 65.8 Å². The zero-order valence-electron chi connectivity index (χ0n) is 18.5. The predicted molar refractivity (Wildman–Crippen MR) is 132 cm³/mol. The lowest BCUT2D eigenvalue weighted by Gasteiger charge is -2.10. The molecular weight excluding hydrogens is 479 g/mol. The molecule has 176 valence electrons. The second-order valence-electron chi connectivity index (χ2n) is 7.00. The fourth-order valence-electron chi connectivity index (χ4n) is 2.78. The van der Waals surface area contributed by atoms with Gasteiger partial charge in [0.1, 0.15) is 5.75 Å². The highest BCUT2D eigenvalue weighted by atomic mass is 35.5. The van der Waals surface area contributed by atoms with E-state index in [1.165, 1.54) is 31.5 Å². The lowest BCUT2D eigenvalue weighted by Crippen LogP contribution is -2.17. The Morgan fingerprint density at radius 3 is 2.35 bits per heavy atom. The summed E-state index contributed by atoms with van der Waals surface area (Å²) in [5.74, 6) is 0.250. The molecule has 1 N–H and O–H groups in total. The molecule has 0 saturated carbocycles. The highest BCUT2D eigenvalue weighted by Gasteiger charge is 2.14. The van der Waals surface area contributed by atoms with Crippen LogP contribution >= 0.6 is 23.2 Å². The molecule has 3 rings (SSSR count). The smallest absolute Gasteiger partial charge is 0.343 e. The van der Waals surface area contributed by atoms with E-state index in [-0.39, 0.29) is 22.2 Å². The molecule has 1 amide bonds. The van der Waals surface area contributed by atoms with Gasteiger partial charge < -0.3 is 14.2 Å². The molecule has 0 aliphatic heterocycles. The summed E-state index contributed by atoms with van der Waals surface area (Å²) in [7, 11) is 1.45. The number of benzene rings is 3. The number of hydrogen-bond acceptors (Lipinski definition) is 6. The number of ether oxygens (including phenoxy) is 3. The van der Waals surface area contributed by atoms with Crippen LogP contribution in [0.1, 0.15) is 39.6 Å². The summed E-state index contributed by atoms with van der Waals surface area (Å²) in [4.78, 5) is 24.7. The number of amides is 1. The predicted octanol–water partition coefficient (Wildman–Crippen LogP) is 5.77. The summed E-state index contributed by atoms with van der Waals surface area (Å²) in [6.07, 6.45) is 2.35. The molecule has 9 heteroatoms. The number of nitrogens with zero attached hydrogens (tertiary/aromatic N) is 1. The van der Waals surface area contributed by atoms with Gasteiger partial charge in [-0.1, -0.05) is 30.1 Å². The number of nitrogens with one attached hydrogen (secondary N) is 1. The Morgan fingerprint density at radius 1 is 0.941 bits per heavy atom. The summed E-state index contributed by atoms with van der Waals surface area (Å²) in [6.45, 7) is 2.64. The molecule has 3 aromatic carbocycles. The molecule has 0 aliphatic rings. The van der Waals surface area contributed by atoms with Crippen LogP contribution in [-0.2, 0) is 0 Å². The summed E-state index contributed by atoms with van der Waals surface area (Å²) >= 11 is 11.8. The molecule has 0 radical (unpaired) electrons. The van der Waals surface area contributed by atoms with E-state index in [4.69, 9.17) is 37.4 Å². The van der Waals surface area contributed by atoms with Gasteiger partial charge in [-0.25, -0.2) is 10.2 Å². The van der Waals surface area contributed by atoms with E-state index in [1.54, 1.807) is 42.5 Å².